The van der Waals surface area contributed by atoms with Crippen LogP contribution in [0.5, 0.6) is 11.5 Å². The number of fused-ring (bicyclic) bond motifs is 1. The highest BCUT2D eigenvalue weighted by Crippen LogP contribution is 2.30. The van der Waals surface area contributed by atoms with Gasteiger partial charge in [0.15, 0.2) is 11.5 Å². The summed E-state index contributed by atoms with van der Waals surface area (Å²) in [6.45, 7) is 5.63. The van der Waals surface area contributed by atoms with Crippen LogP contribution in [0.4, 0.5) is 4.79 Å². The van der Waals surface area contributed by atoms with E-state index in [1.54, 1.807) is 16.7 Å². The van der Waals surface area contributed by atoms with Crippen molar-refractivity contribution in [3.05, 3.63) is 23.8 Å². The highest BCUT2D eigenvalue weighted by Gasteiger charge is 2.20. The van der Waals surface area contributed by atoms with Gasteiger partial charge in [0.25, 0.3) is 0 Å². The van der Waals surface area contributed by atoms with Crippen molar-refractivity contribution in [3.63, 3.8) is 0 Å². The van der Waals surface area contributed by atoms with E-state index < -0.39 is 0 Å². The minimum Gasteiger partial charge on any atom is -0.486 e. The third-order valence-corrected chi connectivity index (χ3v) is 4.28. The smallest absolute Gasteiger partial charge is 0.317 e. The van der Waals surface area contributed by atoms with Gasteiger partial charge in [0.05, 0.1) is 0 Å². The second-order valence-electron chi connectivity index (χ2n) is 5.98. The van der Waals surface area contributed by atoms with E-state index in [4.69, 9.17) is 9.47 Å². The first-order valence-electron chi connectivity index (χ1n) is 8.30. The minimum absolute atomic E-state index is 0.0635. The Kier molecular flexibility index (Phi) is 5.08. The van der Waals surface area contributed by atoms with E-state index in [1.807, 2.05) is 18.2 Å². The van der Waals surface area contributed by atoms with Crippen LogP contribution in [0.3, 0.4) is 0 Å². The molecule has 7 nitrogen and oxygen atoms in total. The summed E-state index contributed by atoms with van der Waals surface area (Å²) in [6, 6.07) is 5.59. The summed E-state index contributed by atoms with van der Waals surface area (Å²) < 4.78 is 11.0. The number of urea groups is 1. The summed E-state index contributed by atoms with van der Waals surface area (Å²) in [4.78, 5) is 27.3. The number of benzene rings is 1. The molecule has 130 valence electrons. The molecule has 0 bridgehead atoms. The standard InChI is InChI=1S/C17H23N3O4/c1-13(21)19-5-2-6-20(8-7-19)17(22)18-12-14-3-4-15-16(11-14)24-10-9-23-15/h3-4,11H,2,5-10,12H2,1H3,(H,18,22). The summed E-state index contributed by atoms with van der Waals surface area (Å²) in [7, 11) is 0. The van der Waals surface area contributed by atoms with E-state index in [0.717, 1.165) is 23.5 Å². The van der Waals surface area contributed by atoms with Gasteiger partial charge in [-0.3, -0.25) is 4.79 Å². The second kappa shape index (κ2) is 7.42. The average molecular weight is 333 g/mol. The van der Waals surface area contributed by atoms with Crippen molar-refractivity contribution in [2.24, 2.45) is 0 Å². The van der Waals surface area contributed by atoms with Gasteiger partial charge in [-0.1, -0.05) is 6.07 Å². The number of rotatable bonds is 2. The molecule has 3 rings (SSSR count). The van der Waals surface area contributed by atoms with Crippen molar-refractivity contribution in [1.82, 2.24) is 15.1 Å². The van der Waals surface area contributed by atoms with Gasteiger partial charge in [0, 0.05) is 39.6 Å². The maximum atomic E-state index is 12.3. The van der Waals surface area contributed by atoms with E-state index in [0.29, 0.717) is 45.9 Å². The van der Waals surface area contributed by atoms with Crippen molar-refractivity contribution in [3.8, 4) is 11.5 Å². The molecule has 0 radical (unpaired) electrons. The monoisotopic (exact) mass is 333 g/mol. The quantitative estimate of drug-likeness (QED) is 0.883. The third kappa shape index (κ3) is 3.90. The van der Waals surface area contributed by atoms with Crippen LogP contribution >= 0.6 is 0 Å². The number of ether oxygens (including phenoxy) is 2. The highest BCUT2D eigenvalue weighted by atomic mass is 16.6. The number of hydrogen-bond donors (Lipinski definition) is 1. The lowest BCUT2D eigenvalue weighted by molar-refractivity contribution is -0.128. The summed E-state index contributed by atoms with van der Waals surface area (Å²) in [6.07, 6.45) is 0.803. The Morgan fingerprint density at radius 1 is 1.04 bits per heavy atom. The Bertz CT molecular complexity index is 620. The Hall–Kier alpha value is -2.44. The third-order valence-electron chi connectivity index (χ3n) is 4.28. The maximum absolute atomic E-state index is 12.3. The van der Waals surface area contributed by atoms with Crippen LogP contribution < -0.4 is 14.8 Å². The van der Waals surface area contributed by atoms with Crippen molar-refractivity contribution >= 4 is 11.9 Å². The Balaban J connectivity index is 1.53. The zero-order valence-corrected chi connectivity index (χ0v) is 13.9. The second-order valence-corrected chi connectivity index (χ2v) is 5.98. The fourth-order valence-electron chi connectivity index (χ4n) is 2.92. The van der Waals surface area contributed by atoms with E-state index >= 15 is 0 Å². The molecule has 2 heterocycles. The predicted octanol–water partition coefficient (Wildman–Crippen LogP) is 1.22. The first kappa shape index (κ1) is 16.4. The zero-order valence-electron chi connectivity index (χ0n) is 13.9. The molecule has 1 fully saturated rings. The fraction of sp³-hybridized carbons (Fsp3) is 0.529. The summed E-state index contributed by atoms with van der Waals surface area (Å²) in [5.41, 5.74) is 0.966. The fourth-order valence-corrected chi connectivity index (χ4v) is 2.92. The number of amides is 3. The molecule has 0 aliphatic carbocycles. The van der Waals surface area contributed by atoms with E-state index in [2.05, 4.69) is 5.32 Å². The van der Waals surface area contributed by atoms with Crippen LogP contribution in [0.1, 0.15) is 18.9 Å². The molecular formula is C17H23N3O4. The lowest BCUT2D eigenvalue weighted by atomic mass is 10.2. The molecule has 7 heteroatoms. The lowest BCUT2D eigenvalue weighted by Crippen LogP contribution is -2.42. The summed E-state index contributed by atoms with van der Waals surface area (Å²) >= 11 is 0. The molecule has 2 aliphatic rings. The minimum atomic E-state index is -0.102. The molecule has 1 saturated heterocycles. The maximum Gasteiger partial charge on any atom is 0.317 e. The number of carbonyl (C=O) groups is 2. The molecule has 2 aliphatic heterocycles. The van der Waals surface area contributed by atoms with Gasteiger partial charge in [0.1, 0.15) is 13.2 Å². The van der Waals surface area contributed by atoms with Gasteiger partial charge in [-0.2, -0.15) is 0 Å². The molecule has 1 aromatic carbocycles. The molecule has 0 unspecified atom stereocenters. The number of hydrogen-bond acceptors (Lipinski definition) is 4. The van der Waals surface area contributed by atoms with E-state index in [1.165, 1.54) is 0 Å². The average Bonchev–Trinajstić information content (AvgIpc) is 2.86. The van der Waals surface area contributed by atoms with E-state index in [-0.39, 0.29) is 11.9 Å². The van der Waals surface area contributed by atoms with Crippen molar-refractivity contribution in [2.75, 3.05) is 39.4 Å². The van der Waals surface area contributed by atoms with Gasteiger partial charge < -0.3 is 24.6 Å². The van der Waals surface area contributed by atoms with Crippen LogP contribution in [0.15, 0.2) is 18.2 Å². The topological polar surface area (TPSA) is 71.1 Å². The summed E-state index contributed by atoms with van der Waals surface area (Å²) in [5.74, 6) is 1.53. The molecule has 0 saturated carbocycles. The van der Waals surface area contributed by atoms with Crippen LogP contribution in [-0.4, -0.2) is 61.1 Å². The molecule has 3 amide bonds. The molecule has 24 heavy (non-hydrogen) atoms. The van der Waals surface area contributed by atoms with Gasteiger partial charge in [-0.25, -0.2) is 4.79 Å². The lowest BCUT2D eigenvalue weighted by Gasteiger charge is -2.22. The van der Waals surface area contributed by atoms with Crippen LogP contribution in [0, 0.1) is 0 Å². The van der Waals surface area contributed by atoms with Crippen molar-refractivity contribution < 1.29 is 19.1 Å². The first-order chi connectivity index (χ1) is 11.6. The number of nitrogens with one attached hydrogen (secondary N) is 1. The van der Waals surface area contributed by atoms with Crippen LogP contribution in [0.2, 0.25) is 0 Å². The zero-order chi connectivity index (χ0) is 16.9. The van der Waals surface area contributed by atoms with Crippen molar-refractivity contribution in [1.29, 1.82) is 0 Å². The Morgan fingerprint density at radius 3 is 2.54 bits per heavy atom. The van der Waals surface area contributed by atoms with Crippen molar-refractivity contribution in [2.45, 2.75) is 19.9 Å². The first-order valence-corrected chi connectivity index (χ1v) is 8.30. The van der Waals surface area contributed by atoms with Crippen LogP contribution in [-0.2, 0) is 11.3 Å². The van der Waals surface area contributed by atoms with Gasteiger partial charge in [0.2, 0.25) is 5.91 Å². The highest BCUT2D eigenvalue weighted by molar-refractivity contribution is 5.75. The predicted molar refractivity (Wildman–Crippen MR) is 88.1 cm³/mol. The van der Waals surface area contributed by atoms with E-state index in [9.17, 15) is 9.59 Å². The molecule has 1 N–H and O–H groups in total. The largest absolute Gasteiger partial charge is 0.486 e. The van der Waals surface area contributed by atoms with Crippen LogP contribution in [0.25, 0.3) is 0 Å². The summed E-state index contributed by atoms with van der Waals surface area (Å²) in [5, 5.41) is 2.93. The molecule has 1 aromatic rings. The molecular weight excluding hydrogens is 310 g/mol. The molecule has 0 spiro atoms. The normalized spacial score (nSPS) is 17.2. The number of carbonyl (C=O) groups excluding carboxylic acids is 2. The molecule has 0 aromatic heterocycles. The number of nitrogens with zero attached hydrogens (tertiary/aromatic N) is 2. The van der Waals surface area contributed by atoms with Gasteiger partial charge in [-0.15, -0.1) is 0 Å². The Morgan fingerprint density at radius 2 is 1.75 bits per heavy atom. The van der Waals surface area contributed by atoms with Gasteiger partial charge in [-0.05, 0) is 24.1 Å². The van der Waals surface area contributed by atoms with Gasteiger partial charge >= 0.3 is 6.03 Å². The Labute approximate surface area is 141 Å². The molecule has 0 atom stereocenters. The SMILES string of the molecule is CC(=O)N1CCCN(C(=O)NCc2ccc3c(c2)OCCO3)CC1.